The normalized spacial score (nSPS) is 10.2. The zero-order chi connectivity index (χ0) is 12.3. The van der Waals surface area contributed by atoms with Crippen molar-refractivity contribution in [3.8, 4) is 5.75 Å². The van der Waals surface area contributed by atoms with Crippen molar-refractivity contribution in [3.63, 3.8) is 0 Å². The molecule has 1 N–H and O–H groups in total. The minimum atomic E-state index is -1.03. The highest BCUT2D eigenvalue weighted by atomic mass is 32.1. The van der Waals surface area contributed by atoms with Gasteiger partial charge in [0, 0.05) is 22.8 Å². The van der Waals surface area contributed by atoms with Gasteiger partial charge in [-0.3, -0.25) is 4.98 Å². The molecule has 5 heteroatoms. The highest BCUT2D eigenvalue weighted by Gasteiger charge is 2.12. The molecule has 2 aromatic rings. The summed E-state index contributed by atoms with van der Waals surface area (Å²) in [5, 5.41) is 10.9. The SMILES string of the molecule is Cc1cc(OCc2cccs2)c(C(=O)O)cn1. The maximum Gasteiger partial charge on any atom is 0.341 e. The Kier molecular flexibility index (Phi) is 3.39. The summed E-state index contributed by atoms with van der Waals surface area (Å²) >= 11 is 1.57. The largest absolute Gasteiger partial charge is 0.487 e. The van der Waals surface area contributed by atoms with Gasteiger partial charge >= 0.3 is 5.97 Å². The first-order chi connectivity index (χ1) is 8.16. The van der Waals surface area contributed by atoms with Crippen LogP contribution in [0.1, 0.15) is 20.9 Å². The van der Waals surface area contributed by atoms with Gasteiger partial charge in [0.05, 0.1) is 0 Å². The molecule has 0 aliphatic rings. The summed E-state index contributed by atoms with van der Waals surface area (Å²) in [4.78, 5) is 16.0. The standard InChI is InChI=1S/C12H11NO3S/c1-8-5-11(10(6-13-8)12(14)15)16-7-9-3-2-4-17-9/h2-6H,7H2,1H3,(H,14,15). The van der Waals surface area contributed by atoms with Crippen molar-refractivity contribution in [2.75, 3.05) is 0 Å². The number of thiophene rings is 1. The molecular weight excluding hydrogens is 238 g/mol. The molecule has 0 bridgehead atoms. The van der Waals surface area contributed by atoms with E-state index in [1.807, 2.05) is 17.5 Å². The molecule has 2 heterocycles. The van der Waals surface area contributed by atoms with Crippen LogP contribution in [-0.4, -0.2) is 16.1 Å². The molecule has 0 unspecified atom stereocenters. The third-order valence-corrected chi connectivity index (χ3v) is 3.03. The van der Waals surface area contributed by atoms with E-state index in [0.29, 0.717) is 12.4 Å². The first kappa shape index (κ1) is 11.6. The Balaban J connectivity index is 2.19. The van der Waals surface area contributed by atoms with Gasteiger partial charge in [-0.05, 0) is 18.4 Å². The number of carboxylic acid groups (broad SMARTS) is 1. The van der Waals surface area contributed by atoms with Crippen molar-refractivity contribution in [2.45, 2.75) is 13.5 Å². The Morgan fingerprint density at radius 2 is 2.41 bits per heavy atom. The van der Waals surface area contributed by atoms with E-state index in [-0.39, 0.29) is 5.56 Å². The van der Waals surface area contributed by atoms with E-state index >= 15 is 0 Å². The molecule has 0 saturated carbocycles. The summed E-state index contributed by atoms with van der Waals surface area (Å²) in [6.45, 7) is 2.17. The van der Waals surface area contributed by atoms with Crippen molar-refractivity contribution in [2.24, 2.45) is 0 Å². The van der Waals surface area contributed by atoms with E-state index in [1.54, 1.807) is 24.3 Å². The molecular formula is C12H11NO3S. The highest BCUT2D eigenvalue weighted by molar-refractivity contribution is 7.09. The number of ether oxygens (including phenoxy) is 1. The van der Waals surface area contributed by atoms with Gasteiger partial charge in [-0.25, -0.2) is 4.79 Å². The van der Waals surface area contributed by atoms with Gasteiger partial charge < -0.3 is 9.84 Å². The summed E-state index contributed by atoms with van der Waals surface area (Å²) < 4.78 is 5.51. The van der Waals surface area contributed by atoms with Crippen LogP contribution in [0, 0.1) is 6.92 Å². The Morgan fingerprint density at radius 1 is 1.59 bits per heavy atom. The average Bonchev–Trinajstić information content (AvgIpc) is 2.78. The van der Waals surface area contributed by atoms with Gasteiger partial charge in [0.25, 0.3) is 0 Å². The lowest BCUT2D eigenvalue weighted by Gasteiger charge is -2.08. The number of aromatic carboxylic acids is 1. The molecule has 2 aromatic heterocycles. The van der Waals surface area contributed by atoms with Crippen LogP contribution in [0.3, 0.4) is 0 Å². The average molecular weight is 249 g/mol. The van der Waals surface area contributed by atoms with Crippen molar-refractivity contribution in [1.29, 1.82) is 0 Å². The van der Waals surface area contributed by atoms with Crippen LogP contribution in [0.15, 0.2) is 29.8 Å². The van der Waals surface area contributed by atoms with Crippen LogP contribution >= 0.6 is 11.3 Å². The van der Waals surface area contributed by atoms with Crippen LogP contribution < -0.4 is 4.74 Å². The molecule has 0 saturated heterocycles. The fourth-order valence-corrected chi connectivity index (χ4v) is 1.97. The van der Waals surface area contributed by atoms with Gasteiger partial charge in [-0.1, -0.05) is 6.07 Å². The number of aromatic nitrogens is 1. The molecule has 17 heavy (non-hydrogen) atoms. The van der Waals surface area contributed by atoms with Crippen LogP contribution in [0.25, 0.3) is 0 Å². The molecule has 4 nitrogen and oxygen atoms in total. The summed E-state index contributed by atoms with van der Waals surface area (Å²) in [5.41, 5.74) is 0.823. The molecule has 0 radical (unpaired) electrons. The quantitative estimate of drug-likeness (QED) is 0.905. The van der Waals surface area contributed by atoms with Crippen molar-refractivity contribution >= 4 is 17.3 Å². The molecule has 0 aromatic carbocycles. The molecule has 0 atom stereocenters. The fourth-order valence-electron chi connectivity index (χ4n) is 1.36. The zero-order valence-electron chi connectivity index (χ0n) is 9.21. The number of carbonyl (C=O) groups is 1. The van der Waals surface area contributed by atoms with Gasteiger partial charge in [-0.15, -0.1) is 11.3 Å². The number of hydrogen-bond donors (Lipinski definition) is 1. The van der Waals surface area contributed by atoms with Crippen molar-refractivity contribution in [3.05, 3.63) is 45.9 Å². The van der Waals surface area contributed by atoms with Crippen LogP contribution in [-0.2, 0) is 6.61 Å². The predicted octanol–water partition coefficient (Wildman–Crippen LogP) is 2.73. The number of hydrogen-bond acceptors (Lipinski definition) is 4. The lowest BCUT2D eigenvalue weighted by molar-refractivity contribution is 0.0691. The third kappa shape index (κ3) is 2.82. The fraction of sp³-hybridized carbons (Fsp3) is 0.167. The highest BCUT2D eigenvalue weighted by Crippen LogP contribution is 2.21. The monoisotopic (exact) mass is 249 g/mol. The second-order valence-corrected chi connectivity index (χ2v) is 4.53. The molecule has 0 amide bonds. The Labute approximate surface area is 103 Å². The van der Waals surface area contributed by atoms with Crippen molar-refractivity contribution in [1.82, 2.24) is 4.98 Å². The van der Waals surface area contributed by atoms with E-state index in [1.165, 1.54) is 6.20 Å². The van der Waals surface area contributed by atoms with Crippen LogP contribution in [0.5, 0.6) is 5.75 Å². The first-order valence-electron chi connectivity index (χ1n) is 5.02. The molecule has 88 valence electrons. The molecule has 0 fully saturated rings. The summed E-state index contributed by atoms with van der Waals surface area (Å²) in [6.07, 6.45) is 1.32. The van der Waals surface area contributed by atoms with Crippen LogP contribution in [0.4, 0.5) is 0 Å². The second kappa shape index (κ2) is 4.97. The smallest absolute Gasteiger partial charge is 0.341 e. The minimum Gasteiger partial charge on any atom is -0.487 e. The maximum absolute atomic E-state index is 11.0. The van der Waals surface area contributed by atoms with Crippen molar-refractivity contribution < 1.29 is 14.6 Å². The maximum atomic E-state index is 11.0. The molecule has 0 aliphatic carbocycles. The second-order valence-electron chi connectivity index (χ2n) is 3.50. The topological polar surface area (TPSA) is 59.4 Å². The van der Waals surface area contributed by atoms with E-state index in [0.717, 1.165) is 10.6 Å². The number of rotatable bonds is 4. The Bertz CT molecular complexity index is 523. The van der Waals surface area contributed by atoms with E-state index < -0.39 is 5.97 Å². The number of carboxylic acids is 1. The molecule has 2 rings (SSSR count). The molecule has 0 spiro atoms. The van der Waals surface area contributed by atoms with Gasteiger partial charge in [0.2, 0.25) is 0 Å². The predicted molar refractivity (Wildman–Crippen MR) is 64.6 cm³/mol. The van der Waals surface area contributed by atoms with Gasteiger partial charge in [0.15, 0.2) is 0 Å². The molecule has 0 aliphatic heterocycles. The number of aryl methyl sites for hydroxylation is 1. The van der Waals surface area contributed by atoms with E-state index in [4.69, 9.17) is 9.84 Å². The van der Waals surface area contributed by atoms with Crippen LogP contribution in [0.2, 0.25) is 0 Å². The number of nitrogens with zero attached hydrogens (tertiary/aromatic N) is 1. The van der Waals surface area contributed by atoms with Gasteiger partial charge in [0.1, 0.15) is 17.9 Å². The Morgan fingerprint density at radius 3 is 3.06 bits per heavy atom. The Hall–Kier alpha value is -1.88. The summed E-state index contributed by atoms with van der Waals surface area (Å²) in [7, 11) is 0. The minimum absolute atomic E-state index is 0.0900. The third-order valence-electron chi connectivity index (χ3n) is 2.18. The number of pyridine rings is 1. The lowest BCUT2D eigenvalue weighted by Crippen LogP contribution is -2.04. The summed E-state index contributed by atoms with van der Waals surface area (Å²) in [6, 6.07) is 5.51. The van der Waals surface area contributed by atoms with E-state index in [2.05, 4.69) is 4.98 Å². The summed E-state index contributed by atoms with van der Waals surface area (Å²) in [5.74, 6) is -0.669. The first-order valence-corrected chi connectivity index (χ1v) is 5.90. The van der Waals surface area contributed by atoms with Gasteiger partial charge in [-0.2, -0.15) is 0 Å². The zero-order valence-corrected chi connectivity index (χ0v) is 10.0. The van der Waals surface area contributed by atoms with E-state index in [9.17, 15) is 4.79 Å². The lowest BCUT2D eigenvalue weighted by atomic mass is 10.2.